The summed E-state index contributed by atoms with van der Waals surface area (Å²) in [7, 11) is 0. The van der Waals surface area contributed by atoms with E-state index in [1.807, 2.05) is 19.1 Å². The van der Waals surface area contributed by atoms with Crippen LogP contribution in [0.1, 0.15) is 24.5 Å². The first-order chi connectivity index (χ1) is 8.26. The molecule has 0 unspecified atom stereocenters. The molecular weight excluding hydrogens is 214 g/mol. The van der Waals surface area contributed by atoms with Crippen LogP contribution < -0.4 is 10.6 Å². The second-order valence-corrected chi connectivity index (χ2v) is 3.69. The van der Waals surface area contributed by atoms with Gasteiger partial charge in [-0.1, -0.05) is 19.1 Å². The van der Waals surface area contributed by atoms with Crippen LogP contribution in [0.3, 0.4) is 0 Å². The zero-order valence-corrected chi connectivity index (χ0v) is 9.99. The molecule has 0 aliphatic carbocycles. The maximum Gasteiger partial charge on any atom is 0.221 e. The van der Waals surface area contributed by atoms with Gasteiger partial charge in [-0.15, -0.1) is 0 Å². The highest BCUT2D eigenvalue weighted by Crippen LogP contribution is 2.03. The number of carbonyl (C=O) groups is 1. The van der Waals surface area contributed by atoms with Gasteiger partial charge in [0.15, 0.2) is 0 Å². The first kappa shape index (κ1) is 13.2. The first-order valence-electron chi connectivity index (χ1n) is 5.72. The monoisotopic (exact) mass is 231 g/mol. The Hall–Kier alpha value is -1.86. The first-order valence-corrected chi connectivity index (χ1v) is 5.72. The van der Waals surface area contributed by atoms with Gasteiger partial charge in [-0.25, -0.2) is 0 Å². The smallest absolute Gasteiger partial charge is 0.221 e. The second-order valence-electron chi connectivity index (χ2n) is 3.69. The van der Waals surface area contributed by atoms with Crippen LogP contribution in [0.5, 0.6) is 0 Å². The van der Waals surface area contributed by atoms with E-state index in [0.717, 1.165) is 12.1 Å². The highest BCUT2D eigenvalue weighted by atomic mass is 16.1. The quantitative estimate of drug-likeness (QED) is 0.722. The Morgan fingerprint density at radius 3 is 3.00 bits per heavy atom. The average molecular weight is 231 g/mol. The summed E-state index contributed by atoms with van der Waals surface area (Å²) in [6, 6.07) is 9.32. The lowest BCUT2D eigenvalue weighted by Crippen LogP contribution is -2.27. The van der Waals surface area contributed by atoms with Crippen molar-refractivity contribution in [2.45, 2.75) is 19.9 Å². The van der Waals surface area contributed by atoms with Crippen LogP contribution >= 0.6 is 0 Å². The molecule has 90 valence electrons. The lowest BCUT2D eigenvalue weighted by atomic mass is 10.1. The van der Waals surface area contributed by atoms with Crippen molar-refractivity contribution in [3.8, 4) is 6.07 Å². The fraction of sp³-hybridized carbons (Fsp3) is 0.385. The lowest BCUT2D eigenvalue weighted by Gasteiger charge is -2.05. The molecule has 0 saturated carbocycles. The molecule has 4 nitrogen and oxygen atoms in total. The van der Waals surface area contributed by atoms with Crippen LogP contribution in [-0.4, -0.2) is 19.0 Å². The van der Waals surface area contributed by atoms with Crippen molar-refractivity contribution in [3.05, 3.63) is 35.4 Å². The zero-order valence-electron chi connectivity index (χ0n) is 9.99. The van der Waals surface area contributed by atoms with Gasteiger partial charge in [0.2, 0.25) is 5.91 Å². The molecule has 1 aromatic rings. The Kier molecular flexibility index (Phi) is 5.76. The largest absolute Gasteiger partial charge is 0.352 e. The van der Waals surface area contributed by atoms with Crippen LogP contribution in [-0.2, 0) is 11.3 Å². The number of hydrogen-bond donors (Lipinski definition) is 2. The summed E-state index contributed by atoms with van der Waals surface area (Å²) in [5.41, 5.74) is 1.56. The van der Waals surface area contributed by atoms with Gasteiger partial charge in [-0.3, -0.25) is 4.79 Å². The molecule has 0 atom stereocenters. The highest BCUT2D eigenvalue weighted by Gasteiger charge is 2.01. The van der Waals surface area contributed by atoms with Crippen molar-refractivity contribution >= 4 is 5.91 Å². The van der Waals surface area contributed by atoms with E-state index >= 15 is 0 Å². The van der Waals surface area contributed by atoms with Crippen molar-refractivity contribution in [3.63, 3.8) is 0 Å². The molecule has 0 spiro atoms. The third-order valence-corrected chi connectivity index (χ3v) is 2.32. The van der Waals surface area contributed by atoms with Crippen LogP contribution in [0.25, 0.3) is 0 Å². The van der Waals surface area contributed by atoms with Crippen LogP contribution in [0.15, 0.2) is 24.3 Å². The molecule has 0 radical (unpaired) electrons. The van der Waals surface area contributed by atoms with Crippen LogP contribution in [0.2, 0.25) is 0 Å². The van der Waals surface area contributed by atoms with Crippen molar-refractivity contribution in [1.82, 2.24) is 10.6 Å². The molecule has 1 rings (SSSR count). The highest BCUT2D eigenvalue weighted by molar-refractivity contribution is 5.76. The SMILES string of the molecule is CCNCCC(=O)NCc1cccc(C#N)c1. The zero-order chi connectivity index (χ0) is 12.5. The molecule has 1 amide bonds. The molecule has 0 bridgehead atoms. The molecule has 17 heavy (non-hydrogen) atoms. The maximum absolute atomic E-state index is 11.4. The molecular formula is C13H17N3O. The van der Waals surface area contributed by atoms with E-state index in [9.17, 15) is 4.79 Å². The fourth-order valence-corrected chi connectivity index (χ4v) is 1.42. The van der Waals surface area contributed by atoms with Gasteiger partial charge < -0.3 is 10.6 Å². The van der Waals surface area contributed by atoms with Gasteiger partial charge in [0.25, 0.3) is 0 Å². The summed E-state index contributed by atoms with van der Waals surface area (Å²) in [6.07, 6.45) is 0.478. The summed E-state index contributed by atoms with van der Waals surface area (Å²) < 4.78 is 0. The average Bonchev–Trinajstić information content (AvgIpc) is 2.37. The summed E-state index contributed by atoms with van der Waals surface area (Å²) >= 11 is 0. The number of nitrogens with one attached hydrogen (secondary N) is 2. The van der Waals surface area contributed by atoms with E-state index in [0.29, 0.717) is 25.1 Å². The number of amides is 1. The fourth-order valence-electron chi connectivity index (χ4n) is 1.42. The molecule has 4 heteroatoms. The van der Waals surface area contributed by atoms with Gasteiger partial charge in [-0.2, -0.15) is 5.26 Å². The normalized spacial score (nSPS) is 9.65. The van der Waals surface area contributed by atoms with Crippen LogP contribution in [0, 0.1) is 11.3 Å². The Balaban J connectivity index is 2.34. The maximum atomic E-state index is 11.4. The summed E-state index contributed by atoms with van der Waals surface area (Å²) in [4.78, 5) is 11.4. The summed E-state index contributed by atoms with van der Waals surface area (Å²) in [6.45, 7) is 4.05. The third kappa shape index (κ3) is 5.14. The molecule has 0 aliphatic heterocycles. The number of hydrogen-bond acceptors (Lipinski definition) is 3. The number of nitrogens with zero attached hydrogens (tertiary/aromatic N) is 1. The third-order valence-electron chi connectivity index (χ3n) is 2.32. The predicted molar refractivity (Wildman–Crippen MR) is 66.2 cm³/mol. The number of nitriles is 1. The summed E-state index contributed by atoms with van der Waals surface area (Å²) in [5.74, 6) is 0.0216. The molecule has 0 fully saturated rings. The van der Waals surface area contributed by atoms with E-state index in [1.54, 1.807) is 12.1 Å². The van der Waals surface area contributed by atoms with Gasteiger partial charge >= 0.3 is 0 Å². The lowest BCUT2D eigenvalue weighted by molar-refractivity contribution is -0.121. The Morgan fingerprint density at radius 2 is 2.29 bits per heavy atom. The Bertz CT molecular complexity index is 409. The molecule has 0 heterocycles. The molecule has 0 aliphatic rings. The number of rotatable bonds is 6. The Morgan fingerprint density at radius 1 is 1.47 bits per heavy atom. The van der Waals surface area contributed by atoms with E-state index in [4.69, 9.17) is 5.26 Å². The minimum absolute atomic E-state index is 0.0216. The molecule has 0 aromatic heterocycles. The minimum atomic E-state index is 0.0216. The molecule has 0 saturated heterocycles. The van der Waals surface area contributed by atoms with Crippen molar-refractivity contribution in [2.24, 2.45) is 0 Å². The minimum Gasteiger partial charge on any atom is -0.352 e. The van der Waals surface area contributed by atoms with Gasteiger partial charge in [-0.05, 0) is 24.2 Å². The van der Waals surface area contributed by atoms with E-state index < -0.39 is 0 Å². The number of carbonyl (C=O) groups excluding carboxylic acids is 1. The van der Waals surface area contributed by atoms with Crippen molar-refractivity contribution in [2.75, 3.05) is 13.1 Å². The number of benzene rings is 1. The second kappa shape index (κ2) is 7.42. The van der Waals surface area contributed by atoms with Crippen LogP contribution in [0.4, 0.5) is 0 Å². The predicted octanol–water partition coefficient (Wildman–Crippen LogP) is 1.17. The van der Waals surface area contributed by atoms with E-state index in [1.165, 1.54) is 0 Å². The molecule has 2 N–H and O–H groups in total. The topological polar surface area (TPSA) is 64.9 Å². The van der Waals surface area contributed by atoms with Crippen molar-refractivity contribution < 1.29 is 4.79 Å². The van der Waals surface area contributed by atoms with Gasteiger partial charge in [0.1, 0.15) is 0 Å². The molecule has 1 aromatic carbocycles. The summed E-state index contributed by atoms with van der Waals surface area (Å²) in [5, 5.41) is 14.6. The van der Waals surface area contributed by atoms with E-state index in [-0.39, 0.29) is 5.91 Å². The Labute approximate surface area is 102 Å². The van der Waals surface area contributed by atoms with E-state index in [2.05, 4.69) is 16.7 Å². The van der Waals surface area contributed by atoms with Gasteiger partial charge in [0, 0.05) is 19.5 Å². The van der Waals surface area contributed by atoms with Crippen molar-refractivity contribution in [1.29, 1.82) is 5.26 Å². The van der Waals surface area contributed by atoms with Gasteiger partial charge in [0.05, 0.1) is 11.6 Å². The standard InChI is InChI=1S/C13H17N3O/c1-2-15-7-6-13(17)16-10-12-5-3-4-11(8-12)9-14/h3-5,8,15H,2,6-7,10H2,1H3,(H,16,17).